The summed E-state index contributed by atoms with van der Waals surface area (Å²) in [6.07, 6.45) is 0.991. The average Bonchev–Trinajstić information content (AvgIpc) is 2.49. The van der Waals surface area contributed by atoms with Crippen LogP contribution >= 0.6 is 0 Å². The number of rotatable bonds is 12. The molecule has 0 spiro atoms. The topological polar surface area (TPSA) is 39.7 Å². The van der Waals surface area contributed by atoms with E-state index in [9.17, 15) is 0 Å². The standard InChI is InChI=1S/C16H28NO3Si/c1-4-18-21(19-5-2,20-6-3)14-10-13-17-15-16-11-8-7-9-12-16/h8-9,11-12,17H,4-6,10,13-15H2,1-3H3. The van der Waals surface area contributed by atoms with Crippen LogP contribution in [-0.2, 0) is 19.8 Å². The second-order valence-corrected chi connectivity index (χ2v) is 7.40. The number of hydrogen-bond acceptors (Lipinski definition) is 4. The largest absolute Gasteiger partial charge is 0.500 e. The predicted molar refractivity (Wildman–Crippen MR) is 87.0 cm³/mol. The van der Waals surface area contributed by atoms with E-state index in [1.807, 2.05) is 32.9 Å². The Kier molecular flexibility index (Phi) is 9.53. The van der Waals surface area contributed by atoms with Gasteiger partial charge in [-0.25, -0.2) is 0 Å². The number of nitrogens with one attached hydrogen (secondary N) is 1. The minimum Gasteiger partial charge on any atom is -0.374 e. The Balaban J connectivity index is 2.31. The van der Waals surface area contributed by atoms with Crippen LogP contribution < -0.4 is 5.32 Å². The molecule has 5 heteroatoms. The molecule has 0 amide bonds. The van der Waals surface area contributed by atoms with Crippen LogP contribution in [0.5, 0.6) is 0 Å². The molecule has 4 nitrogen and oxygen atoms in total. The van der Waals surface area contributed by atoms with Crippen molar-refractivity contribution in [3.05, 3.63) is 35.9 Å². The van der Waals surface area contributed by atoms with E-state index in [0.29, 0.717) is 19.8 Å². The SMILES string of the molecule is CCO[Si](CCCNCc1cc[c]cc1)(OCC)OCC. The zero-order valence-corrected chi connectivity index (χ0v) is 14.5. The van der Waals surface area contributed by atoms with Gasteiger partial charge in [-0.1, -0.05) is 24.3 Å². The van der Waals surface area contributed by atoms with Crippen molar-refractivity contribution in [2.45, 2.75) is 39.8 Å². The summed E-state index contributed by atoms with van der Waals surface area (Å²) >= 11 is 0. The van der Waals surface area contributed by atoms with Crippen molar-refractivity contribution in [2.75, 3.05) is 26.4 Å². The maximum atomic E-state index is 5.84. The molecule has 0 fully saturated rings. The van der Waals surface area contributed by atoms with Crippen molar-refractivity contribution in [2.24, 2.45) is 0 Å². The van der Waals surface area contributed by atoms with Crippen molar-refractivity contribution in [1.82, 2.24) is 5.32 Å². The van der Waals surface area contributed by atoms with Gasteiger partial charge in [0.25, 0.3) is 0 Å². The first-order valence-corrected chi connectivity index (χ1v) is 9.77. The zero-order chi connectivity index (χ0) is 15.4. The van der Waals surface area contributed by atoms with Gasteiger partial charge in [-0.2, -0.15) is 0 Å². The Morgan fingerprint density at radius 1 is 1.00 bits per heavy atom. The molecule has 0 aromatic heterocycles. The van der Waals surface area contributed by atoms with Gasteiger partial charge in [0.15, 0.2) is 0 Å². The third-order valence-corrected chi connectivity index (χ3v) is 6.20. The fourth-order valence-corrected chi connectivity index (χ4v) is 4.82. The summed E-state index contributed by atoms with van der Waals surface area (Å²) in [5.41, 5.74) is 1.27. The van der Waals surface area contributed by atoms with E-state index in [1.165, 1.54) is 5.56 Å². The molecule has 21 heavy (non-hydrogen) atoms. The van der Waals surface area contributed by atoms with Crippen molar-refractivity contribution in [3.63, 3.8) is 0 Å². The molecular formula is C16H28NO3Si. The van der Waals surface area contributed by atoms with Gasteiger partial charge >= 0.3 is 8.80 Å². The smallest absolute Gasteiger partial charge is 0.374 e. The summed E-state index contributed by atoms with van der Waals surface area (Å²) in [4.78, 5) is 0. The molecular weight excluding hydrogens is 282 g/mol. The van der Waals surface area contributed by atoms with E-state index < -0.39 is 8.80 Å². The first kappa shape index (κ1) is 18.3. The average molecular weight is 310 g/mol. The van der Waals surface area contributed by atoms with Gasteiger partial charge in [-0.15, -0.1) is 0 Å². The first-order chi connectivity index (χ1) is 10.3. The van der Waals surface area contributed by atoms with Crippen LogP contribution in [-0.4, -0.2) is 35.2 Å². The molecule has 0 saturated carbocycles. The highest BCUT2D eigenvalue weighted by Gasteiger charge is 2.39. The monoisotopic (exact) mass is 310 g/mol. The van der Waals surface area contributed by atoms with Crippen LogP contribution in [0.4, 0.5) is 0 Å². The molecule has 1 radical (unpaired) electrons. The molecule has 0 aliphatic carbocycles. The minimum absolute atomic E-state index is 0.639. The Bertz CT molecular complexity index is 345. The summed E-state index contributed by atoms with van der Waals surface area (Å²) in [5, 5.41) is 3.44. The first-order valence-electron chi connectivity index (χ1n) is 7.84. The van der Waals surface area contributed by atoms with Gasteiger partial charge in [-0.05, 0) is 45.4 Å². The molecule has 1 aromatic carbocycles. The van der Waals surface area contributed by atoms with Gasteiger partial charge in [0.1, 0.15) is 0 Å². The fraction of sp³-hybridized carbons (Fsp3) is 0.625. The maximum absolute atomic E-state index is 5.84. The number of benzene rings is 1. The van der Waals surface area contributed by atoms with Crippen LogP contribution in [0.25, 0.3) is 0 Å². The normalized spacial score (nSPS) is 11.8. The fourth-order valence-electron chi connectivity index (χ4n) is 2.20. The lowest BCUT2D eigenvalue weighted by Gasteiger charge is -2.28. The molecule has 0 saturated heterocycles. The Hall–Kier alpha value is -0.723. The number of hydrogen-bond donors (Lipinski definition) is 1. The van der Waals surface area contributed by atoms with Crippen LogP contribution in [0.3, 0.4) is 0 Å². The van der Waals surface area contributed by atoms with E-state index >= 15 is 0 Å². The highest BCUT2D eigenvalue weighted by Crippen LogP contribution is 2.17. The summed E-state index contributed by atoms with van der Waals surface area (Å²) < 4.78 is 17.5. The summed E-state index contributed by atoms with van der Waals surface area (Å²) in [7, 11) is -2.47. The zero-order valence-electron chi connectivity index (χ0n) is 13.5. The lowest BCUT2D eigenvalue weighted by atomic mass is 10.2. The van der Waals surface area contributed by atoms with Crippen LogP contribution in [0.1, 0.15) is 32.8 Å². The Morgan fingerprint density at radius 3 is 2.10 bits per heavy atom. The molecule has 0 atom stereocenters. The second kappa shape index (κ2) is 10.9. The Labute approximate surface area is 130 Å². The molecule has 0 heterocycles. The van der Waals surface area contributed by atoms with E-state index in [1.54, 1.807) is 0 Å². The van der Waals surface area contributed by atoms with Gasteiger partial charge < -0.3 is 18.6 Å². The predicted octanol–water partition coefficient (Wildman–Crippen LogP) is 3.01. The van der Waals surface area contributed by atoms with E-state index in [-0.39, 0.29) is 0 Å². The van der Waals surface area contributed by atoms with Crippen molar-refractivity contribution in [1.29, 1.82) is 0 Å². The quantitative estimate of drug-likeness (QED) is 0.476. The van der Waals surface area contributed by atoms with Crippen LogP contribution in [0.2, 0.25) is 6.04 Å². The van der Waals surface area contributed by atoms with E-state index in [0.717, 1.165) is 25.6 Å². The molecule has 119 valence electrons. The van der Waals surface area contributed by atoms with Crippen LogP contribution in [0, 0.1) is 6.07 Å². The Morgan fingerprint density at radius 2 is 1.57 bits per heavy atom. The minimum atomic E-state index is -2.47. The maximum Gasteiger partial charge on any atom is 0.500 e. The van der Waals surface area contributed by atoms with Gasteiger partial charge in [-0.3, -0.25) is 0 Å². The highest BCUT2D eigenvalue weighted by atomic mass is 28.4. The lowest BCUT2D eigenvalue weighted by molar-refractivity contribution is 0.0708. The molecule has 0 aliphatic rings. The highest BCUT2D eigenvalue weighted by molar-refractivity contribution is 6.60. The molecule has 0 aliphatic heterocycles. The third-order valence-electron chi connectivity index (χ3n) is 3.05. The molecule has 0 bridgehead atoms. The molecule has 1 rings (SSSR count). The van der Waals surface area contributed by atoms with E-state index in [2.05, 4.69) is 23.5 Å². The molecule has 0 unspecified atom stereocenters. The van der Waals surface area contributed by atoms with Gasteiger partial charge in [0.2, 0.25) is 0 Å². The molecule has 1 aromatic rings. The third kappa shape index (κ3) is 7.20. The second-order valence-electron chi connectivity index (χ2n) is 4.67. The summed E-state index contributed by atoms with van der Waals surface area (Å²) in [5.74, 6) is 0. The summed E-state index contributed by atoms with van der Waals surface area (Å²) in [6.45, 7) is 9.70. The van der Waals surface area contributed by atoms with Crippen molar-refractivity contribution >= 4 is 8.80 Å². The van der Waals surface area contributed by atoms with Crippen LogP contribution in [0.15, 0.2) is 24.3 Å². The van der Waals surface area contributed by atoms with E-state index in [4.69, 9.17) is 13.3 Å². The lowest BCUT2D eigenvalue weighted by Crippen LogP contribution is -2.46. The summed E-state index contributed by atoms with van der Waals surface area (Å²) in [6, 6.07) is 11.9. The van der Waals surface area contributed by atoms with Crippen molar-refractivity contribution in [3.8, 4) is 0 Å². The molecule has 1 N–H and O–H groups in total. The van der Waals surface area contributed by atoms with Gasteiger partial charge in [0, 0.05) is 32.4 Å². The van der Waals surface area contributed by atoms with Gasteiger partial charge in [0.05, 0.1) is 0 Å². The van der Waals surface area contributed by atoms with Crippen molar-refractivity contribution < 1.29 is 13.3 Å².